The molecule has 0 bridgehead atoms. The number of H-pyrrole nitrogens is 1. The molecule has 0 saturated heterocycles. The first-order valence-electron chi connectivity index (χ1n) is 9.54. The largest absolute Gasteiger partial charge is 0.490 e. The standard InChI is InChI=1S/C23H18FN3O3/c24-17-11-26-22-20(17)15(9-10-25-22)13-5-7-14(8-6-13)23(29)27-21-16-3-1-2-4-19(16)30-12-18(21)28/h1-11,18,21,28H,12H2,(H,25,26)(H,27,29)/t18-,21+/m0/s1. The molecule has 30 heavy (non-hydrogen) atoms. The van der Waals surface area contributed by atoms with Crippen molar-refractivity contribution in [1.29, 1.82) is 0 Å². The molecule has 6 nitrogen and oxygen atoms in total. The molecule has 5 rings (SSSR count). The van der Waals surface area contributed by atoms with Crippen molar-refractivity contribution >= 4 is 16.9 Å². The molecular weight excluding hydrogens is 385 g/mol. The highest BCUT2D eigenvalue weighted by molar-refractivity contribution is 5.97. The third-order valence-electron chi connectivity index (χ3n) is 5.32. The first-order chi connectivity index (χ1) is 14.6. The van der Waals surface area contributed by atoms with E-state index in [4.69, 9.17) is 4.74 Å². The van der Waals surface area contributed by atoms with Crippen LogP contribution >= 0.6 is 0 Å². The van der Waals surface area contributed by atoms with Gasteiger partial charge in [0.2, 0.25) is 0 Å². The minimum Gasteiger partial charge on any atom is -0.490 e. The molecule has 0 saturated carbocycles. The number of amides is 1. The number of hydrogen-bond donors (Lipinski definition) is 3. The Morgan fingerprint density at radius 2 is 1.97 bits per heavy atom. The van der Waals surface area contributed by atoms with Crippen molar-refractivity contribution < 1.29 is 19.0 Å². The van der Waals surface area contributed by atoms with Gasteiger partial charge in [0.25, 0.3) is 5.91 Å². The Morgan fingerprint density at radius 1 is 1.17 bits per heavy atom. The summed E-state index contributed by atoms with van der Waals surface area (Å²) < 4.78 is 19.7. The number of aromatic amines is 1. The number of nitrogens with zero attached hydrogens (tertiary/aromatic N) is 1. The van der Waals surface area contributed by atoms with Crippen molar-refractivity contribution in [2.75, 3.05) is 6.61 Å². The first kappa shape index (κ1) is 18.3. The fourth-order valence-corrected chi connectivity index (χ4v) is 3.80. The zero-order chi connectivity index (χ0) is 20.7. The summed E-state index contributed by atoms with van der Waals surface area (Å²) in [5, 5.41) is 13.6. The average Bonchev–Trinajstić information content (AvgIpc) is 3.17. The molecular formula is C23H18FN3O3. The molecule has 150 valence electrons. The van der Waals surface area contributed by atoms with E-state index in [1.54, 1.807) is 36.5 Å². The number of para-hydroxylation sites is 1. The molecule has 7 heteroatoms. The highest BCUT2D eigenvalue weighted by Crippen LogP contribution is 2.32. The normalized spacial score (nSPS) is 17.9. The van der Waals surface area contributed by atoms with E-state index in [1.807, 2.05) is 24.3 Å². The van der Waals surface area contributed by atoms with Gasteiger partial charge in [-0.05, 0) is 35.4 Å². The summed E-state index contributed by atoms with van der Waals surface area (Å²) in [6.45, 7) is 0.112. The topological polar surface area (TPSA) is 87.2 Å². The highest BCUT2D eigenvalue weighted by atomic mass is 19.1. The van der Waals surface area contributed by atoms with Crippen LogP contribution in [0.3, 0.4) is 0 Å². The monoisotopic (exact) mass is 403 g/mol. The molecule has 0 aliphatic carbocycles. The van der Waals surface area contributed by atoms with Gasteiger partial charge in [-0.1, -0.05) is 30.3 Å². The first-order valence-corrected chi connectivity index (χ1v) is 9.54. The van der Waals surface area contributed by atoms with Crippen molar-refractivity contribution in [2.24, 2.45) is 0 Å². The van der Waals surface area contributed by atoms with E-state index in [9.17, 15) is 14.3 Å². The zero-order valence-corrected chi connectivity index (χ0v) is 15.8. The summed E-state index contributed by atoms with van der Waals surface area (Å²) >= 11 is 0. The van der Waals surface area contributed by atoms with E-state index in [-0.39, 0.29) is 18.3 Å². The van der Waals surface area contributed by atoms with Crippen molar-refractivity contribution in [2.45, 2.75) is 12.1 Å². The van der Waals surface area contributed by atoms with E-state index < -0.39 is 12.1 Å². The number of fused-ring (bicyclic) bond motifs is 2. The van der Waals surface area contributed by atoms with Crippen molar-refractivity contribution in [3.05, 3.63) is 83.9 Å². The van der Waals surface area contributed by atoms with Crippen LogP contribution in [0, 0.1) is 5.82 Å². The molecule has 0 fully saturated rings. The number of halogens is 1. The predicted octanol–water partition coefficient (Wildman–Crippen LogP) is 3.59. The lowest BCUT2D eigenvalue weighted by molar-refractivity contribution is 0.0502. The fraction of sp³-hybridized carbons (Fsp3) is 0.130. The minimum atomic E-state index is -0.843. The van der Waals surface area contributed by atoms with Crippen LogP contribution in [0.1, 0.15) is 22.0 Å². The van der Waals surface area contributed by atoms with E-state index in [1.165, 1.54) is 6.20 Å². The summed E-state index contributed by atoms with van der Waals surface area (Å²) in [6.07, 6.45) is 2.04. The van der Waals surface area contributed by atoms with Crippen LogP contribution < -0.4 is 10.1 Å². The van der Waals surface area contributed by atoms with Gasteiger partial charge in [0.05, 0.1) is 11.4 Å². The van der Waals surface area contributed by atoms with Gasteiger partial charge in [0.1, 0.15) is 24.1 Å². The molecule has 4 aromatic rings. The van der Waals surface area contributed by atoms with Crippen LogP contribution in [-0.2, 0) is 0 Å². The van der Waals surface area contributed by atoms with Crippen LogP contribution in [0.2, 0.25) is 0 Å². The van der Waals surface area contributed by atoms with Crippen LogP contribution in [0.25, 0.3) is 22.2 Å². The maximum absolute atomic E-state index is 14.1. The number of aromatic nitrogens is 2. The van der Waals surface area contributed by atoms with Crippen molar-refractivity contribution in [3.8, 4) is 16.9 Å². The van der Waals surface area contributed by atoms with Gasteiger partial charge in [-0.3, -0.25) is 4.79 Å². The van der Waals surface area contributed by atoms with Crippen molar-refractivity contribution in [1.82, 2.24) is 15.3 Å². The SMILES string of the molecule is O=C(N[C@@H]1c2ccccc2OC[C@@H]1O)c1ccc(-c2ccnc3[nH]cc(F)c23)cc1. The number of carbonyl (C=O) groups is 1. The maximum atomic E-state index is 14.1. The quantitative estimate of drug-likeness (QED) is 0.488. The number of aliphatic hydroxyl groups excluding tert-OH is 1. The van der Waals surface area contributed by atoms with Crippen LogP contribution in [-0.4, -0.2) is 33.7 Å². The number of carbonyl (C=O) groups excluding carboxylic acids is 1. The number of pyridine rings is 1. The van der Waals surface area contributed by atoms with E-state index in [0.29, 0.717) is 27.9 Å². The Morgan fingerprint density at radius 3 is 2.80 bits per heavy atom. The van der Waals surface area contributed by atoms with Gasteiger partial charge in [0, 0.05) is 23.5 Å². The highest BCUT2D eigenvalue weighted by Gasteiger charge is 2.30. The molecule has 2 atom stereocenters. The zero-order valence-electron chi connectivity index (χ0n) is 15.8. The van der Waals surface area contributed by atoms with Crippen LogP contribution in [0.4, 0.5) is 4.39 Å². The minimum absolute atomic E-state index is 0.112. The molecule has 3 N–H and O–H groups in total. The Bertz CT molecular complexity index is 1240. The lowest BCUT2D eigenvalue weighted by Crippen LogP contribution is -2.41. The molecule has 0 unspecified atom stereocenters. The summed E-state index contributed by atoms with van der Waals surface area (Å²) in [5.41, 5.74) is 3.12. The summed E-state index contributed by atoms with van der Waals surface area (Å²) in [7, 11) is 0. The molecule has 0 radical (unpaired) electrons. The second-order valence-corrected chi connectivity index (χ2v) is 7.16. The fourth-order valence-electron chi connectivity index (χ4n) is 3.80. The van der Waals surface area contributed by atoms with Gasteiger partial charge in [-0.25, -0.2) is 9.37 Å². The van der Waals surface area contributed by atoms with E-state index in [0.717, 1.165) is 11.1 Å². The van der Waals surface area contributed by atoms with E-state index in [2.05, 4.69) is 15.3 Å². The van der Waals surface area contributed by atoms with Gasteiger partial charge in [0.15, 0.2) is 5.82 Å². The number of ether oxygens (including phenoxy) is 1. The lowest BCUT2D eigenvalue weighted by atomic mass is 9.97. The molecule has 1 aliphatic rings. The lowest BCUT2D eigenvalue weighted by Gasteiger charge is -2.31. The van der Waals surface area contributed by atoms with Gasteiger partial charge in [-0.15, -0.1) is 0 Å². The van der Waals surface area contributed by atoms with Crippen LogP contribution in [0.15, 0.2) is 67.0 Å². The molecule has 0 spiro atoms. The number of hydrogen-bond acceptors (Lipinski definition) is 4. The summed E-state index contributed by atoms with van der Waals surface area (Å²) in [5.74, 6) is -0.0317. The van der Waals surface area contributed by atoms with Crippen molar-refractivity contribution in [3.63, 3.8) is 0 Å². The molecule has 2 aromatic heterocycles. The number of rotatable bonds is 3. The van der Waals surface area contributed by atoms with Gasteiger partial charge in [-0.2, -0.15) is 0 Å². The number of nitrogens with one attached hydrogen (secondary N) is 2. The van der Waals surface area contributed by atoms with E-state index >= 15 is 0 Å². The number of benzene rings is 2. The Hall–Kier alpha value is -3.71. The molecule has 3 heterocycles. The maximum Gasteiger partial charge on any atom is 0.251 e. The third-order valence-corrected chi connectivity index (χ3v) is 5.32. The predicted molar refractivity (Wildman–Crippen MR) is 110 cm³/mol. The Labute approximate surface area is 171 Å². The third kappa shape index (κ3) is 3.09. The van der Waals surface area contributed by atoms with Crippen LogP contribution in [0.5, 0.6) is 5.75 Å². The molecule has 2 aromatic carbocycles. The Balaban J connectivity index is 1.41. The van der Waals surface area contributed by atoms with Gasteiger partial charge >= 0.3 is 0 Å². The Kier molecular flexibility index (Phi) is 4.44. The second kappa shape index (κ2) is 7.27. The average molecular weight is 403 g/mol. The smallest absolute Gasteiger partial charge is 0.251 e. The summed E-state index contributed by atoms with van der Waals surface area (Å²) in [4.78, 5) is 19.7. The second-order valence-electron chi connectivity index (χ2n) is 7.16. The van der Waals surface area contributed by atoms with Gasteiger partial charge < -0.3 is 20.1 Å². The number of aliphatic hydroxyl groups is 1. The molecule has 1 amide bonds. The molecule has 1 aliphatic heterocycles. The summed E-state index contributed by atoms with van der Waals surface area (Å²) in [6, 6.07) is 15.4.